The van der Waals surface area contributed by atoms with E-state index in [0.717, 1.165) is 56.9 Å². The number of nitrogens with zero attached hydrogens (tertiary/aromatic N) is 1. The lowest BCUT2D eigenvalue weighted by Gasteiger charge is -2.52. The summed E-state index contributed by atoms with van der Waals surface area (Å²) in [7, 11) is 0. The van der Waals surface area contributed by atoms with Gasteiger partial charge in [-0.2, -0.15) is 5.06 Å². The van der Waals surface area contributed by atoms with Gasteiger partial charge in [0.2, 0.25) is 0 Å². The summed E-state index contributed by atoms with van der Waals surface area (Å²) in [5.41, 5.74) is 3.58. The number of allylic oxidation sites excluding steroid dienone is 1. The van der Waals surface area contributed by atoms with Crippen LogP contribution >= 0.6 is 0 Å². The van der Waals surface area contributed by atoms with Gasteiger partial charge in [-0.3, -0.25) is 4.79 Å². The number of rotatable bonds is 4. The van der Waals surface area contributed by atoms with Crippen LogP contribution in [0.15, 0.2) is 11.1 Å². The predicted molar refractivity (Wildman–Crippen MR) is 131 cm³/mol. The first-order valence-corrected chi connectivity index (χ1v) is 14.0. The Bertz CT molecular complexity index is 807. The van der Waals surface area contributed by atoms with Gasteiger partial charge in [0.25, 0.3) is 0 Å². The zero-order valence-corrected chi connectivity index (χ0v) is 21.7. The molecule has 4 heteroatoms. The van der Waals surface area contributed by atoms with Crippen molar-refractivity contribution in [3.63, 3.8) is 0 Å². The summed E-state index contributed by atoms with van der Waals surface area (Å²) in [6.45, 7) is 13.0. The second kappa shape index (κ2) is 8.75. The Kier molecular flexibility index (Phi) is 6.36. The SMILES string of the molecule is CC[C@H](C)CN(O)[C@@H]1CO[C@]2(CC[C@@H]3C(=C(C)C2)C[C@H]2[C@H]3CC[C@@H]3CC(=O)CC[C@@]32C)[C@@H]1C. The van der Waals surface area contributed by atoms with Crippen molar-refractivity contribution in [2.75, 3.05) is 13.2 Å². The number of carbonyl (C=O) groups excluding carboxylic acids is 1. The van der Waals surface area contributed by atoms with Crippen LogP contribution < -0.4 is 0 Å². The van der Waals surface area contributed by atoms with E-state index in [9.17, 15) is 10.0 Å². The van der Waals surface area contributed by atoms with Gasteiger partial charge in [0.05, 0.1) is 18.2 Å². The highest BCUT2D eigenvalue weighted by atomic mass is 16.5. The van der Waals surface area contributed by atoms with Crippen LogP contribution in [0.1, 0.15) is 98.8 Å². The van der Waals surface area contributed by atoms with Crippen LogP contribution in [0.3, 0.4) is 0 Å². The number of hydroxylamine groups is 2. The summed E-state index contributed by atoms with van der Waals surface area (Å²) in [5.74, 6) is 4.25. The summed E-state index contributed by atoms with van der Waals surface area (Å²) in [5, 5.41) is 12.5. The van der Waals surface area contributed by atoms with E-state index in [-0.39, 0.29) is 11.6 Å². The fraction of sp³-hybridized carbons (Fsp3) is 0.897. The Morgan fingerprint density at radius 3 is 2.76 bits per heavy atom. The van der Waals surface area contributed by atoms with E-state index < -0.39 is 0 Å². The standard InChI is InChI=1S/C29H47NO3/c1-6-18(2)16-30(32)27-17-33-29(20(27)4)12-10-23-24-8-7-21-13-22(31)9-11-28(21,5)26(24)14-25(23)19(3)15-29/h18,20-21,23-24,26-27,32H,6-17H2,1-5H3/t18-,20+,21+,23-,24-,26-,27+,28-,29-/m0/s1. The zero-order valence-electron chi connectivity index (χ0n) is 21.7. The molecule has 0 aromatic heterocycles. The fourth-order valence-corrected chi connectivity index (χ4v) is 8.99. The molecular weight excluding hydrogens is 410 g/mol. The number of carbonyl (C=O) groups is 1. The van der Waals surface area contributed by atoms with Gasteiger partial charge in [-0.25, -0.2) is 0 Å². The third-order valence-corrected chi connectivity index (χ3v) is 11.5. The molecule has 5 aliphatic rings. The van der Waals surface area contributed by atoms with Gasteiger partial charge < -0.3 is 9.94 Å². The van der Waals surface area contributed by atoms with Crippen LogP contribution in [0.25, 0.3) is 0 Å². The largest absolute Gasteiger partial charge is 0.373 e. The monoisotopic (exact) mass is 457 g/mol. The number of hydrogen-bond donors (Lipinski definition) is 1. The molecule has 3 saturated carbocycles. The topological polar surface area (TPSA) is 49.8 Å². The first-order chi connectivity index (χ1) is 15.7. The summed E-state index contributed by atoms with van der Waals surface area (Å²) in [6.07, 6.45) is 11.1. The minimum absolute atomic E-state index is 0.108. The molecule has 1 aliphatic heterocycles. The van der Waals surface area contributed by atoms with E-state index in [1.54, 1.807) is 16.2 Å². The van der Waals surface area contributed by atoms with Crippen LogP contribution in [0.4, 0.5) is 0 Å². The van der Waals surface area contributed by atoms with Crippen molar-refractivity contribution in [3.8, 4) is 0 Å². The van der Waals surface area contributed by atoms with E-state index in [4.69, 9.17) is 4.74 Å². The maximum absolute atomic E-state index is 12.2. The van der Waals surface area contributed by atoms with Crippen molar-refractivity contribution in [3.05, 3.63) is 11.1 Å². The van der Waals surface area contributed by atoms with Crippen molar-refractivity contribution >= 4 is 5.78 Å². The molecule has 1 heterocycles. The second-order valence-corrected chi connectivity index (χ2v) is 13.0. The number of fused-ring (bicyclic) bond motifs is 5. The van der Waals surface area contributed by atoms with Gasteiger partial charge in [-0.05, 0) is 86.9 Å². The van der Waals surface area contributed by atoms with Crippen LogP contribution in [0, 0.1) is 40.9 Å². The van der Waals surface area contributed by atoms with Crippen molar-refractivity contribution in [2.45, 2.75) is 110 Å². The number of ketones is 1. The molecule has 33 heavy (non-hydrogen) atoms. The van der Waals surface area contributed by atoms with Gasteiger partial charge in [0, 0.05) is 25.3 Å². The Morgan fingerprint density at radius 2 is 2.00 bits per heavy atom. The van der Waals surface area contributed by atoms with Gasteiger partial charge in [0.15, 0.2) is 0 Å². The van der Waals surface area contributed by atoms with Crippen LogP contribution in [-0.4, -0.2) is 40.8 Å². The van der Waals surface area contributed by atoms with Crippen molar-refractivity contribution in [1.29, 1.82) is 0 Å². The average molecular weight is 458 g/mol. The molecule has 0 aromatic rings. The molecule has 0 bridgehead atoms. The molecule has 186 valence electrons. The first kappa shape index (κ1) is 24.0. The molecular formula is C29H47NO3. The van der Waals surface area contributed by atoms with E-state index in [1.165, 1.54) is 25.7 Å². The minimum Gasteiger partial charge on any atom is -0.373 e. The summed E-state index contributed by atoms with van der Waals surface area (Å²) < 4.78 is 6.64. The maximum atomic E-state index is 12.2. The van der Waals surface area contributed by atoms with Gasteiger partial charge in [-0.15, -0.1) is 0 Å². The smallest absolute Gasteiger partial charge is 0.133 e. The Balaban J connectivity index is 1.35. The second-order valence-electron chi connectivity index (χ2n) is 13.0. The number of ether oxygens (including phenoxy) is 1. The third-order valence-electron chi connectivity index (χ3n) is 11.5. The molecule has 0 unspecified atom stereocenters. The fourth-order valence-electron chi connectivity index (χ4n) is 8.99. The Morgan fingerprint density at radius 1 is 1.21 bits per heavy atom. The predicted octanol–water partition coefficient (Wildman–Crippen LogP) is 6.42. The van der Waals surface area contributed by atoms with E-state index in [2.05, 4.69) is 34.6 Å². The molecule has 0 aromatic carbocycles. The molecule has 1 N–H and O–H groups in total. The van der Waals surface area contributed by atoms with Crippen LogP contribution in [0.2, 0.25) is 0 Å². The van der Waals surface area contributed by atoms with Crippen molar-refractivity contribution in [1.82, 2.24) is 5.06 Å². The average Bonchev–Trinajstić information content (AvgIpc) is 3.27. The molecule has 4 aliphatic carbocycles. The van der Waals surface area contributed by atoms with Gasteiger partial charge in [-0.1, -0.05) is 45.3 Å². The third kappa shape index (κ3) is 3.87. The molecule has 1 saturated heterocycles. The van der Waals surface area contributed by atoms with Crippen molar-refractivity contribution in [2.24, 2.45) is 40.9 Å². The van der Waals surface area contributed by atoms with Crippen molar-refractivity contribution < 1.29 is 14.7 Å². The van der Waals surface area contributed by atoms with Gasteiger partial charge in [0.1, 0.15) is 5.78 Å². The minimum atomic E-state index is -0.115. The normalized spacial score (nSPS) is 46.3. The number of hydrogen-bond acceptors (Lipinski definition) is 4. The van der Waals surface area contributed by atoms with Crippen LogP contribution in [-0.2, 0) is 9.53 Å². The highest BCUT2D eigenvalue weighted by Gasteiger charge is 2.58. The highest BCUT2D eigenvalue weighted by Crippen LogP contribution is 2.64. The first-order valence-electron chi connectivity index (χ1n) is 14.0. The summed E-state index contributed by atoms with van der Waals surface area (Å²) >= 11 is 0. The van der Waals surface area contributed by atoms with E-state index in [0.29, 0.717) is 41.5 Å². The summed E-state index contributed by atoms with van der Waals surface area (Å²) in [4.78, 5) is 12.2. The molecule has 0 amide bonds. The quantitative estimate of drug-likeness (QED) is 0.391. The Labute approximate surface area is 201 Å². The van der Waals surface area contributed by atoms with E-state index in [1.807, 2.05) is 0 Å². The van der Waals surface area contributed by atoms with E-state index >= 15 is 0 Å². The Hall–Kier alpha value is -0.710. The molecule has 9 atom stereocenters. The molecule has 4 nitrogen and oxygen atoms in total. The van der Waals surface area contributed by atoms with Gasteiger partial charge >= 0.3 is 0 Å². The molecule has 0 radical (unpaired) electrons. The van der Waals surface area contributed by atoms with Crippen LogP contribution in [0.5, 0.6) is 0 Å². The lowest BCUT2D eigenvalue weighted by molar-refractivity contribution is -0.142. The zero-order chi connectivity index (χ0) is 23.5. The molecule has 1 spiro atoms. The lowest BCUT2D eigenvalue weighted by Crippen LogP contribution is -2.46. The summed E-state index contributed by atoms with van der Waals surface area (Å²) in [6, 6.07) is 0.108. The molecule has 5 rings (SSSR count). The maximum Gasteiger partial charge on any atom is 0.133 e. The number of Topliss-reactive ketones (excluding diaryl/α,β-unsaturated/α-hetero) is 1. The highest BCUT2D eigenvalue weighted by molar-refractivity contribution is 5.79. The lowest BCUT2D eigenvalue weighted by atomic mass is 9.52. The molecule has 4 fully saturated rings.